The van der Waals surface area contributed by atoms with Crippen LogP contribution < -0.4 is 10.5 Å². The highest BCUT2D eigenvalue weighted by Gasteiger charge is 2.32. The van der Waals surface area contributed by atoms with Crippen LogP contribution in [0, 0.1) is 5.92 Å². The zero-order valence-corrected chi connectivity index (χ0v) is 11.6. The molecule has 0 aromatic heterocycles. The third kappa shape index (κ3) is 2.73. The van der Waals surface area contributed by atoms with Gasteiger partial charge in [0.2, 0.25) is 0 Å². The molecule has 1 fully saturated rings. The monoisotopic (exact) mass is 262 g/mol. The molecular weight excluding hydrogens is 240 g/mol. The van der Waals surface area contributed by atoms with Crippen molar-refractivity contribution in [2.45, 2.75) is 25.8 Å². The zero-order chi connectivity index (χ0) is 13.8. The minimum absolute atomic E-state index is 0.0273. The Morgan fingerprint density at radius 2 is 2.21 bits per heavy atom. The molecule has 19 heavy (non-hydrogen) atoms. The maximum atomic E-state index is 12.7. The summed E-state index contributed by atoms with van der Waals surface area (Å²) in [5.74, 6) is 1.11. The fourth-order valence-electron chi connectivity index (χ4n) is 2.84. The van der Waals surface area contributed by atoms with Gasteiger partial charge in [0.05, 0.1) is 12.7 Å². The first-order chi connectivity index (χ1) is 9.19. The number of nitrogens with two attached hydrogens (primary N) is 1. The minimum Gasteiger partial charge on any atom is -0.496 e. The van der Waals surface area contributed by atoms with Crippen LogP contribution in [-0.2, 0) is 0 Å². The highest BCUT2D eigenvalue weighted by atomic mass is 16.5. The number of hydrogen-bond donors (Lipinski definition) is 1. The smallest absolute Gasteiger partial charge is 0.257 e. The molecule has 1 aromatic carbocycles. The molecule has 4 nitrogen and oxygen atoms in total. The molecule has 2 unspecified atom stereocenters. The van der Waals surface area contributed by atoms with Gasteiger partial charge in [0.1, 0.15) is 5.75 Å². The second-order valence-electron chi connectivity index (χ2n) is 5.12. The van der Waals surface area contributed by atoms with Crippen molar-refractivity contribution < 1.29 is 9.53 Å². The molecular formula is C15H22N2O2. The fourth-order valence-corrected chi connectivity index (χ4v) is 2.84. The zero-order valence-electron chi connectivity index (χ0n) is 11.6. The second kappa shape index (κ2) is 6.06. The summed E-state index contributed by atoms with van der Waals surface area (Å²) in [7, 11) is 1.59. The summed E-state index contributed by atoms with van der Waals surface area (Å²) in [5.41, 5.74) is 6.47. The van der Waals surface area contributed by atoms with E-state index in [9.17, 15) is 4.79 Å². The Labute approximate surface area is 114 Å². The summed E-state index contributed by atoms with van der Waals surface area (Å²) in [6, 6.07) is 7.49. The van der Waals surface area contributed by atoms with Crippen molar-refractivity contribution in [2.75, 3.05) is 20.2 Å². The van der Waals surface area contributed by atoms with Gasteiger partial charge >= 0.3 is 0 Å². The largest absolute Gasteiger partial charge is 0.496 e. The van der Waals surface area contributed by atoms with Gasteiger partial charge in [-0.1, -0.05) is 19.1 Å². The van der Waals surface area contributed by atoms with Gasteiger partial charge in [0, 0.05) is 19.1 Å². The molecule has 1 amide bonds. The van der Waals surface area contributed by atoms with Crippen LogP contribution >= 0.6 is 0 Å². The van der Waals surface area contributed by atoms with E-state index in [2.05, 4.69) is 6.92 Å². The van der Waals surface area contributed by atoms with E-state index in [4.69, 9.17) is 10.5 Å². The molecule has 104 valence electrons. The lowest BCUT2D eigenvalue weighted by molar-refractivity contribution is 0.0529. The molecule has 2 rings (SSSR count). The second-order valence-corrected chi connectivity index (χ2v) is 5.12. The summed E-state index contributed by atoms with van der Waals surface area (Å²) < 4.78 is 5.27. The molecule has 1 aliphatic rings. The number of ether oxygens (including phenoxy) is 1. The quantitative estimate of drug-likeness (QED) is 0.905. The molecule has 2 atom stereocenters. The molecule has 1 aliphatic heterocycles. The molecule has 1 saturated heterocycles. The first-order valence-electron chi connectivity index (χ1n) is 6.83. The molecule has 1 aromatic rings. The normalized spacial score (nSPS) is 23.2. The van der Waals surface area contributed by atoms with Gasteiger partial charge in [-0.3, -0.25) is 4.79 Å². The minimum atomic E-state index is 0.0273. The van der Waals surface area contributed by atoms with Crippen LogP contribution in [0.3, 0.4) is 0 Å². The van der Waals surface area contributed by atoms with E-state index in [1.807, 2.05) is 29.2 Å². The SMILES string of the molecule is COc1ccccc1C(=O)N1CCCC(C)C1CN. The number of carbonyl (C=O) groups is 1. The Morgan fingerprint density at radius 1 is 1.47 bits per heavy atom. The summed E-state index contributed by atoms with van der Waals surface area (Å²) in [4.78, 5) is 14.6. The lowest BCUT2D eigenvalue weighted by atomic mass is 9.90. The Morgan fingerprint density at radius 3 is 2.89 bits per heavy atom. The number of para-hydroxylation sites is 1. The molecule has 1 heterocycles. The maximum absolute atomic E-state index is 12.7. The van der Waals surface area contributed by atoms with Crippen molar-refractivity contribution in [3.05, 3.63) is 29.8 Å². The summed E-state index contributed by atoms with van der Waals surface area (Å²) in [6.45, 7) is 3.46. The molecule has 0 saturated carbocycles. The van der Waals surface area contributed by atoms with Gasteiger partial charge in [0.15, 0.2) is 0 Å². The summed E-state index contributed by atoms with van der Waals surface area (Å²) >= 11 is 0. The number of methoxy groups -OCH3 is 1. The van der Waals surface area contributed by atoms with E-state index in [0.29, 0.717) is 23.8 Å². The predicted molar refractivity (Wildman–Crippen MR) is 75.3 cm³/mol. The van der Waals surface area contributed by atoms with Gasteiger partial charge in [-0.2, -0.15) is 0 Å². The first-order valence-corrected chi connectivity index (χ1v) is 6.83. The van der Waals surface area contributed by atoms with E-state index >= 15 is 0 Å². The van der Waals surface area contributed by atoms with E-state index in [1.54, 1.807) is 7.11 Å². The average Bonchev–Trinajstić information content (AvgIpc) is 2.46. The topological polar surface area (TPSA) is 55.6 Å². The number of nitrogens with zero attached hydrogens (tertiary/aromatic N) is 1. The number of carbonyl (C=O) groups excluding carboxylic acids is 1. The van der Waals surface area contributed by atoms with Gasteiger partial charge in [-0.05, 0) is 30.9 Å². The standard InChI is InChI=1S/C15H22N2O2/c1-11-6-5-9-17(13(11)10-16)15(18)12-7-3-4-8-14(12)19-2/h3-4,7-8,11,13H,5-6,9-10,16H2,1-2H3. The highest BCUT2D eigenvalue weighted by Crippen LogP contribution is 2.27. The number of likely N-dealkylation sites (tertiary alicyclic amines) is 1. The average molecular weight is 262 g/mol. The van der Waals surface area contributed by atoms with Crippen molar-refractivity contribution in [1.82, 2.24) is 4.90 Å². The van der Waals surface area contributed by atoms with Crippen molar-refractivity contribution in [1.29, 1.82) is 0 Å². The predicted octanol–water partition coefficient (Wildman–Crippen LogP) is 1.89. The van der Waals surface area contributed by atoms with Crippen LogP contribution in [0.1, 0.15) is 30.1 Å². The Kier molecular flexibility index (Phi) is 4.43. The third-order valence-electron chi connectivity index (χ3n) is 3.96. The van der Waals surface area contributed by atoms with Crippen LogP contribution in [0.25, 0.3) is 0 Å². The van der Waals surface area contributed by atoms with Crippen molar-refractivity contribution >= 4 is 5.91 Å². The maximum Gasteiger partial charge on any atom is 0.257 e. The molecule has 0 radical (unpaired) electrons. The Bertz CT molecular complexity index is 448. The first kappa shape index (κ1) is 13.9. The molecule has 4 heteroatoms. The van der Waals surface area contributed by atoms with Crippen molar-refractivity contribution in [2.24, 2.45) is 11.7 Å². The summed E-state index contributed by atoms with van der Waals surface area (Å²) in [6.07, 6.45) is 2.18. The lowest BCUT2D eigenvalue weighted by Crippen LogP contribution is -2.51. The van der Waals surface area contributed by atoms with E-state index in [-0.39, 0.29) is 11.9 Å². The molecule has 2 N–H and O–H groups in total. The van der Waals surface area contributed by atoms with Gasteiger partial charge in [-0.25, -0.2) is 0 Å². The number of hydrogen-bond acceptors (Lipinski definition) is 3. The van der Waals surface area contributed by atoms with Crippen LogP contribution in [0.5, 0.6) is 5.75 Å². The number of benzene rings is 1. The van der Waals surface area contributed by atoms with E-state index in [1.165, 1.54) is 0 Å². The van der Waals surface area contributed by atoms with E-state index < -0.39 is 0 Å². The Balaban J connectivity index is 2.27. The summed E-state index contributed by atoms with van der Waals surface area (Å²) in [5, 5.41) is 0. The number of piperidine rings is 1. The van der Waals surface area contributed by atoms with Crippen LogP contribution in [0.4, 0.5) is 0 Å². The molecule has 0 aliphatic carbocycles. The van der Waals surface area contributed by atoms with Gasteiger partial charge in [-0.15, -0.1) is 0 Å². The van der Waals surface area contributed by atoms with E-state index in [0.717, 1.165) is 19.4 Å². The van der Waals surface area contributed by atoms with Crippen LogP contribution in [-0.4, -0.2) is 37.0 Å². The number of rotatable bonds is 3. The van der Waals surface area contributed by atoms with Gasteiger partial charge in [0.25, 0.3) is 5.91 Å². The lowest BCUT2D eigenvalue weighted by Gasteiger charge is -2.39. The van der Waals surface area contributed by atoms with Gasteiger partial charge < -0.3 is 15.4 Å². The van der Waals surface area contributed by atoms with Crippen molar-refractivity contribution in [3.63, 3.8) is 0 Å². The Hall–Kier alpha value is -1.55. The molecule has 0 bridgehead atoms. The fraction of sp³-hybridized carbons (Fsp3) is 0.533. The van der Waals surface area contributed by atoms with Crippen LogP contribution in [0.15, 0.2) is 24.3 Å². The highest BCUT2D eigenvalue weighted by molar-refractivity contribution is 5.97. The van der Waals surface area contributed by atoms with Crippen LogP contribution in [0.2, 0.25) is 0 Å². The van der Waals surface area contributed by atoms with Crippen molar-refractivity contribution in [3.8, 4) is 5.75 Å². The third-order valence-corrected chi connectivity index (χ3v) is 3.96. The number of amides is 1. The molecule has 0 spiro atoms.